The molecule has 0 heterocycles. The number of carbonyl (C=O) groups excluding carboxylic acids is 2. The van der Waals surface area contributed by atoms with Gasteiger partial charge in [-0.1, -0.05) is 88.1 Å². The zero-order valence-corrected chi connectivity index (χ0v) is 22.9. The Kier molecular flexibility index (Phi) is 11.1. The number of amides is 2. The van der Waals surface area contributed by atoms with Crippen molar-refractivity contribution in [2.75, 3.05) is 13.6 Å². The molecule has 5 nitrogen and oxygen atoms in total. The highest BCUT2D eigenvalue weighted by Crippen LogP contribution is 2.27. The monoisotopic (exact) mass is 509 g/mol. The van der Waals surface area contributed by atoms with E-state index in [-0.39, 0.29) is 17.9 Å². The standard InChI is InChI=1S/C33H39N3O2/c1-4-6-9-17-30(20-25-14-10-8-11-15-25)35-32(37)28-21-27(31-18-13-12-16-26(31)24-34)22-29(23-28)33(38)36(3)19-7-5-2/h8,10-16,18,21-23,30H,4-7,9,17,19-20H2,1-3H3,(H,35,37)/t30-/m1/s1. The smallest absolute Gasteiger partial charge is 0.253 e. The molecule has 0 saturated carbocycles. The van der Waals surface area contributed by atoms with Gasteiger partial charge in [0.1, 0.15) is 0 Å². The van der Waals surface area contributed by atoms with Crippen LogP contribution in [0.4, 0.5) is 0 Å². The number of nitrogens with one attached hydrogen (secondary N) is 1. The van der Waals surface area contributed by atoms with Crippen LogP contribution in [0.2, 0.25) is 0 Å². The van der Waals surface area contributed by atoms with Crippen LogP contribution in [0.5, 0.6) is 0 Å². The molecule has 1 N–H and O–H groups in total. The number of nitrogens with zero attached hydrogens (tertiary/aromatic N) is 2. The normalized spacial score (nSPS) is 11.4. The maximum atomic E-state index is 13.6. The van der Waals surface area contributed by atoms with Gasteiger partial charge in [-0.3, -0.25) is 9.59 Å². The summed E-state index contributed by atoms with van der Waals surface area (Å²) in [6.07, 6.45) is 6.80. The summed E-state index contributed by atoms with van der Waals surface area (Å²) in [7, 11) is 1.79. The predicted molar refractivity (Wildman–Crippen MR) is 154 cm³/mol. The summed E-state index contributed by atoms with van der Waals surface area (Å²) in [4.78, 5) is 28.7. The number of carbonyl (C=O) groups is 2. The zero-order chi connectivity index (χ0) is 27.3. The molecule has 2 amide bonds. The van der Waals surface area contributed by atoms with E-state index in [9.17, 15) is 14.9 Å². The molecular weight excluding hydrogens is 470 g/mol. The Morgan fingerprint density at radius 1 is 0.895 bits per heavy atom. The van der Waals surface area contributed by atoms with Crippen LogP contribution in [-0.2, 0) is 6.42 Å². The summed E-state index contributed by atoms with van der Waals surface area (Å²) in [5.74, 6) is -0.337. The first-order chi connectivity index (χ1) is 18.5. The summed E-state index contributed by atoms with van der Waals surface area (Å²) in [6.45, 7) is 4.91. The molecule has 0 fully saturated rings. The lowest BCUT2D eigenvalue weighted by Crippen LogP contribution is -2.36. The fourth-order valence-electron chi connectivity index (χ4n) is 4.62. The highest BCUT2D eigenvalue weighted by Gasteiger charge is 2.20. The van der Waals surface area contributed by atoms with Crippen molar-refractivity contribution in [1.29, 1.82) is 5.26 Å². The topological polar surface area (TPSA) is 73.2 Å². The second kappa shape index (κ2) is 14.7. The van der Waals surface area contributed by atoms with E-state index in [1.165, 1.54) is 5.56 Å². The molecule has 3 rings (SSSR count). The molecule has 3 aromatic carbocycles. The minimum absolute atomic E-state index is 0.0159. The van der Waals surface area contributed by atoms with E-state index in [4.69, 9.17) is 0 Å². The first kappa shape index (κ1) is 28.7. The fraction of sp³-hybridized carbons (Fsp3) is 0.364. The lowest BCUT2D eigenvalue weighted by Gasteiger charge is -2.21. The summed E-state index contributed by atoms with van der Waals surface area (Å²) in [5, 5.41) is 12.9. The molecule has 3 aromatic rings. The van der Waals surface area contributed by atoms with Gasteiger partial charge in [0, 0.05) is 30.8 Å². The van der Waals surface area contributed by atoms with Gasteiger partial charge >= 0.3 is 0 Å². The van der Waals surface area contributed by atoms with E-state index >= 15 is 0 Å². The molecule has 0 spiro atoms. The van der Waals surface area contributed by atoms with Crippen molar-refractivity contribution in [2.45, 2.75) is 64.8 Å². The van der Waals surface area contributed by atoms with E-state index in [1.54, 1.807) is 36.2 Å². The van der Waals surface area contributed by atoms with Gasteiger partial charge in [0.25, 0.3) is 11.8 Å². The van der Waals surface area contributed by atoms with E-state index in [1.807, 2.05) is 36.4 Å². The highest BCUT2D eigenvalue weighted by molar-refractivity contribution is 6.01. The Labute approximate surface area is 227 Å². The van der Waals surface area contributed by atoms with Gasteiger partial charge in [0.2, 0.25) is 0 Å². The number of rotatable bonds is 13. The molecule has 38 heavy (non-hydrogen) atoms. The summed E-state index contributed by atoms with van der Waals surface area (Å²) in [6, 6.07) is 25.0. The molecule has 0 radical (unpaired) electrons. The average molecular weight is 510 g/mol. The molecule has 0 aromatic heterocycles. The molecule has 0 aliphatic heterocycles. The van der Waals surface area contributed by atoms with Gasteiger partial charge < -0.3 is 10.2 Å². The summed E-state index contributed by atoms with van der Waals surface area (Å²) >= 11 is 0. The number of hydrogen-bond acceptors (Lipinski definition) is 3. The lowest BCUT2D eigenvalue weighted by atomic mass is 9.95. The van der Waals surface area contributed by atoms with Gasteiger partial charge in [-0.15, -0.1) is 0 Å². The molecule has 5 heteroatoms. The van der Waals surface area contributed by atoms with Crippen LogP contribution in [0, 0.1) is 11.3 Å². The van der Waals surface area contributed by atoms with E-state index in [2.05, 4.69) is 37.4 Å². The Morgan fingerprint density at radius 2 is 1.58 bits per heavy atom. The Hall–Kier alpha value is -3.91. The molecule has 198 valence electrons. The molecule has 0 aliphatic carbocycles. The Balaban J connectivity index is 1.96. The van der Waals surface area contributed by atoms with Crippen LogP contribution in [0.25, 0.3) is 11.1 Å². The number of unbranched alkanes of at least 4 members (excludes halogenated alkanes) is 3. The van der Waals surface area contributed by atoms with Gasteiger partial charge in [0.15, 0.2) is 0 Å². The van der Waals surface area contributed by atoms with Crippen LogP contribution in [0.3, 0.4) is 0 Å². The molecule has 0 aliphatic rings. The lowest BCUT2D eigenvalue weighted by molar-refractivity contribution is 0.0793. The summed E-state index contributed by atoms with van der Waals surface area (Å²) < 4.78 is 0. The van der Waals surface area contributed by atoms with E-state index in [0.717, 1.165) is 44.9 Å². The first-order valence-electron chi connectivity index (χ1n) is 13.7. The molecule has 0 unspecified atom stereocenters. The van der Waals surface area contributed by atoms with Crippen LogP contribution < -0.4 is 5.32 Å². The van der Waals surface area contributed by atoms with Crippen molar-refractivity contribution in [3.05, 3.63) is 95.1 Å². The van der Waals surface area contributed by atoms with Crippen molar-refractivity contribution in [2.24, 2.45) is 0 Å². The highest BCUT2D eigenvalue weighted by atomic mass is 16.2. The third kappa shape index (κ3) is 8.05. The fourth-order valence-corrected chi connectivity index (χ4v) is 4.62. The predicted octanol–water partition coefficient (Wildman–Crippen LogP) is 7.02. The average Bonchev–Trinajstić information content (AvgIpc) is 2.95. The number of benzene rings is 3. The maximum absolute atomic E-state index is 13.6. The van der Waals surface area contributed by atoms with Gasteiger partial charge in [0.05, 0.1) is 11.6 Å². The third-order valence-corrected chi connectivity index (χ3v) is 6.81. The SMILES string of the molecule is CCCCC[C@H](Cc1ccccc1)NC(=O)c1cc(C(=O)N(C)CCCC)cc(-c2ccccc2C#N)c1. The van der Waals surface area contributed by atoms with Crippen molar-refractivity contribution < 1.29 is 9.59 Å². The van der Waals surface area contributed by atoms with E-state index < -0.39 is 0 Å². The van der Waals surface area contributed by atoms with Gasteiger partial charge in [-0.2, -0.15) is 5.26 Å². The third-order valence-electron chi connectivity index (χ3n) is 6.81. The van der Waals surface area contributed by atoms with Crippen LogP contribution in [0.1, 0.15) is 84.2 Å². The van der Waals surface area contributed by atoms with Crippen molar-refractivity contribution in [3.8, 4) is 17.2 Å². The van der Waals surface area contributed by atoms with Crippen molar-refractivity contribution in [1.82, 2.24) is 10.2 Å². The van der Waals surface area contributed by atoms with Crippen LogP contribution >= 0.6 is 0 Å². The van der Waals surface area contributed by atoms with Gasteiger partial charge in [-0.25, -0.2) is 0 Å². The van der Waals surface area contributed by atoms with Crippen molar-refractivity contribution >= 4 is 11.8 Å². The second-order valence-corrected chi connectivity index (χ2v) is 9.89. The first-order valence-corrected chi connectivity index (χ1v) is 13.7. The quantitative estimate of drug-likeness (QED) is 0.252. The second-order valence-electron chi connectivity index (χ2n) is 9.89. The molecule has 1 atom stereocenters. The summed E-state index contributed by atoms with van der Waals surface area (Å²) in [5.41, 5.74) is 3.95. The minimum atomic E-state index is -0.205. The zero-order valence-electron chi connectivity index (χ0n) is 22.9. The Morgan fingerprint density at radius 3 is 2.29 bits per heavy atom. The number of hydrogen-bond donors (Lipinski definition) is 1. The van der Waals surface area contributed by atoms with E-state index in [0.29, 0.717) is 34.4 Å². The van der Waals surface area contributed by atoms with Crippen molar-refractivity contribution in [3.63, 3.8) is 0 Å². The van der Waals surface area contributed by atoms with Crippen LogP contribution in [-0.4, -0.2) is 36.3 Å². The molecular formula is C33H39N3O2. The minimum Gasteiger partial charge on any atom is -0.349 e. The Bertz CT molecular complexity index is 1250. The van der Waals surface area contributed by atoms with Gasteiger partial charge in [-0.05, 0) is 60.2 Å². The molecule has 0 bridgehead atoms. The number of nitriles is 1. The van der Waals surface area contributed by atoms with Crippen LogP contribution in [0.15, 0.2) is 72.8 Å². The maximum Gasteiger partial charge on any atom is 0.253 e. The largest absolute Gasteiger partial charge is 0.349 e. The molecule has 0 saturated heterocycles.